The zero-order valence-electron chi connectivity index (χ0n) is 21.0. The number of anilines is 3. The molecule has 1 heterocycles. The van der Waals surface area contributed by atoms with E-state index in [9.17, 15) is 0 Å². The minimum absolute atomic E-state index is 0.122. The quantitative estimate of drug-likeness (QED) is 0.267. The zero-order chi connectivity index (χ0) is 24.1. The van der Waals surface area contributed by atoms with E-state index in [0.717, 1.165) is 34.1 Å². The number of fused-ring (bicyclic) bond motifs is 2. The van der Waals surface area contributed by atoms with Crippen molar-refractivity contribution >= 4 is 17.1 Å². The van der Waals surface area contributed by atoms with E-state index in [1.54, 1.807) is 0 Å². The highest BCUT2D eigenvalue weighted by atomic mass is 16.5. The van der Waals surface area contributed by atoms with Crippen molar-refractivity contribution in [3.63, 3.8) is 0 Å². The topological polar surface area (TPSA) is 12.5 Å². The average Bonchev–Trinajstić information content (AvgIpc) is 2.81. The molecule has 0 spiro atoms. The number of ether oxygens (including phenoxy) is 1. The second-order valence-corrected chi connectivity index (χ2v) is 11.2. The fourth-order valence-corrected chi connectivity index (χ4v) is 4.49. The van der Waals surface area contributed by atoms with E-state index < -0.39 is 0 Å². The summed E-state index contributed by atoms with van der Waals surface area (Å²) in [6.45, 7) is 13.5. The Morgan fingerprint density at radius 2 is 1.06 bits per heavy atom. The largest absolute Gasteiger partial charge is 0.453 e. The third kappa shape index (κ3) is 4.09. The van der Waals surface area contributed by atoms with Crippen molar-refractivity contribution in [3.8, 4) is 22.6 Å². The summed E-state index contributed by atoms with van der Waals surface area (Å²) < 4.78 is 6.41. The Morgan fingerprint density at radius 1 is 0.529 bits per heavy atom. The van der Waals surface area contributed by atoms with Gasteiger partial charge in [0.05, 0.1) is 11.4 Å². The third-order valence-electron chi connectivity index (χ3n) is 6.60. The van der Waals surface area contributed by atoms with Gasteiger partial charge in [-0.2, -0.15) is 0 Å². The Kier molecular flexibility index (Phi) is 5.28. The molecule has 4 aromatic rings. The van der Waals surface area contributed by atoms with Crippen LogP contribution in [0.5, 0.6) is 11.5 Å². The van der Waals surface area contributed by atoms with Gasteiger partial charge < -0.3 is 9.64 Å². The zero-order valence-corrected chi connectivity index (χ0v) is 21.0. The highest BCUT2D eigenvalue weighted by Gasteiger charge is 2.26. The van der Waals surface area contributed by atoms with Gasteiger partial charge in [-0.25, -0.2) is 0 Å². The Balaban J connectivity index is 1.57. The molecule has 1 aliphatic heterocycles. The molecule has 0 fully saturated rings. The molecule has 0 aromatic heterocycles. The summed E-state index contributed by atoms with van der Waals surface area (Å²) in [6.07, 6.45) is 0. The number of benzene rings is 4. The van der Waals surface area contributed by atoms with Crippen LogP contribution in [0.2, 0.25) is 0 Å². The molecule has 34 heavy (non-hydrogen) atoms. The van der Waals surface area contributed by atoms with Gasteiger partial charge in [0.2, 0.25) is 0 Å². The second kappa shape index (κ2) is 8.06. The van der Waals surface area contributed by atoms with Crippen LogP contribution < -0.4 is 9.64 Å². The molecule has 172 valence electrons. The van der Waals surface area contributed by atoms with Gasteiger partial charge >= 0.3 is 0 Å². The van der Waals surface area contributed by atoms with Gasteiger partial charge in [-0.1, -0.05) is 96.1 Å². The molecule has 5 rings (SSSR count). The van der Waals surface area contributed by atoms with Gasteiger partial charge in [-0.15, -0.1) is 0 Å². The van der Waals surface area contributed by atoms with Crippen LogP contribution in [0.4, 0.5) is 17.1 Å². The van der Waals surface area contributed by atoms with Crippen LogP contribution in [0.3, 0.4) is 0 Å². The lowest BCUT2D eigenvalue weighted by atomic mass is 9.86. The lowest BCUT2D eigenvalue weighted by Crippen LogP contribution is -2.16. The maximum atomic E-state index is 6.41. The summed E-state index contributed by atoms with van der Waals surface area (Å²) >= 11 is 0. The number of nitrogens with zero attached hydrogens (tertiary/aromatic N) is 1. The van der Waals surface area contributed by atoms with E-state index in [1.165, 1.54) is 16.7 Å². The van der Waals surface area contributed by atoms with Crippen molar-refractivity contribution in [1.29, 1.82) is 0 Å². The highest BCUT2D eigenvalue weighted by molar-refractivity contribution is 5.87. The average molecular weight is 448 g/mol. The molecule has 0 bridgehead atoms. The number of hydrogen-bond acceptors (Lipinski definition) is 2. The van der Waals surface area contributed by atoms with Crippen LogP contribution in [-0.2, 0) is 10.8 Å². The van der Waals surface area contributed by atoms with Gasteiger partial charge in [0.25, 0.3) is 0 Å². The first-order valence-corrected chi connectivity index (χ1v) is 12.0. The number of hydrogen-bond donors (Lipinski definition) is 0. The molecule has 1 aliphatic rings. The molecule has 0 aliphatic carbocycles. The summed E-state index contributed by atoms with van der Waals surface area (Å²) in [4.78, 5) is 2.30. The lowest BCUT2D eigenvalue weighted by molar-refractivity contribution is 0.477. The predicted molar refractivity (Wildman–Crippen MR) is 144 cm³/mol. The Labute approximate surface area is 203 Å². The maximum absolute atomic E-state index is 6.41. The minimum atomic E-state index is 0.122. The van der Waals surface area contributed by atoms with Gasteiger partial charge in [0.1, 0.15) is 0 Å². The van der Waals surface area contributed by atoms with Gasteiger partial charge in [-0.3, -0.25) is 0 Å². The summed E-state index contributed by atoms with van der Waals surface area (Å²) in [6, 6.07) is 32.6. The molecule has 0 N–H and O–H groups in total. The Hall–Kier alpha value is -3.52. The molecule has 0 amide bonds. The van der Waals surface area contributed by atoms with Crippen molar-refractivity contribution in [2.75, 3.05) is 4.90 Å². The van der Waals surface area contributed by atoms with Crippen LogP contribution >= 0.6 is 0 Å². The monoisotopic (exact) mass is 447 g/mol. The van der Waals surface area contributed by atoms with Crippen LogP contribution in [-0.4, -0.2) is 0 Å². The standard InChI is InChI=1S/C32H33NO/c1-31(2,3)24-14-11-22(12-15-24)23-13-20-28-30(21-23)34-29-10-8-7-9-27(29)33(28)26-18-16-25(17-19-26)32(4,5)6/h7-21H,1-6H3. The summed E-state index contributed by atoms with van der Waals surface area (Å²) in [7, 11) is 0. The van der Waals surface area contributed by atoms with Crippen LogP contribution in [0, 0.1) is 0 Å². The molecule has 0 saturated carbocycles. The smallest absolute Gasteiger partial charge is 0.152 e. The molecule has 4 aromatic carbocycles. The van der Waals surface area contributed by atoms with Crippen LogP contribution in [0.1, 0.15) is 52.7 Å². The van der Waals surface area contributed by atoms with E-state index in [0.29, 0.717) is 0 Å². The normalized spacial score (nSPS) is 13.2. The minimum Gasteiger partial charge on any atom is -0.453 e. The van der Waals surface area contributed by atoms with E-state index in [1.807, 2.05) is 12.1 Å². The van der Waals surface area contributed by atoms with E-state index in [4.69, 9.17) is 4.74 Å². The lowest BCUT2D eigenvalue weighted by Gasteiger charge is -2.33. The van der Waals surface area contributed by atoms with Gasteiger partial charge in [-0.05, 0) is 69.5 Å². The molecular formula is C32H33NO. The predicted octanol–water partition coefficient (Wildman–Crippen LogP) is 9.52. The molecule has 0 radical (unpaired) electrons. The summed E-state index contributed by atoms with van der Waals surface area (Å²) in [5.41, 5.74) is 8.52. The van der Waals surface area contributed by atoms with E-state index in [-0.39, 0.29) is 10.8 Å². The fourth-order valence-electron chi connectivity index (χ4n) is 4.49. The summed E-state index contributed by atoms with van der Waals surface area (Å²) in [5, 5.41) is 0. The second-order valence-electron chi connectivity index (χ2n) is 11.2. The van der Waals surface area contributed by atoms with Gasteiger partial charge in [0.15, 0.2) is 11.5 Å². The Bertz CT molecular complexity index is 1320. The highest BCUT2D eigenvalue weighted by Crippen LogP contribution is 2.51. The van der Waals surface area contributed by atoms with Crippen molar-refractivity contribution in [2.24, 2.45) is 0 Å². The molecule has 2 nitrogen and oxygen atoms in total. The van der Waals surface area contributed by atoms with E-state index in [2.05, 4.69) is 125 Å². The maximum Gasteiger partial charge on any atom is 0.152 e. The van der Waals surface area contributed by atoms with Crippen LogP contribution in [0.25, 0.3) is 11.1 Å². The van der Waals surface area contributed by atoms with Crippen molar-refractivity contribution in [3.05, 3.63) is 102 Å². The van der Waals surface area contributed by atoms with Gasteiger partial charge in [0, 0.05) is 5.69 Å². The molecule has 0 atom stereocenters. The third-order valence-corrected chi connectivity index (χ3v) is 6.60. The van der Waals surface area contributed by atoms with Crippen molar-refractivity contribution in [2.45, 2.75) is 52.4 Å². The molecule has 0 unspecified atom stereocenters. The molecule has 0 saturated heterocycles. The first-order valence-electron chi connectivity index (χ1n) is 12.0. The summed E-state index contributed by atoms with van der Waals surface area (Å²) in [5.74, 6) is 1.74. The van der Waals surface area contributed by atoms with Crippen molar-refractivity contribution < 1.29 is 4.74 Å². The first-order chi connectivity index (χ1) is 16.1. The number of rotatable bonds is 2. The molecular weight excluding hydrogens is 414 g/mol. The SMILES string of the molecule is CC(C)(C)c1ccc(-c2ccc3c(c2)Oc2ccccc2N3c2ccc(C(C)(C)C)cc2)cc1. The fraction of sp³-hybridized carbons (Fsp3) is 0.250. The molecule has 2 heteroatoms. The Morgan fingerprint density at radius 3 is 1.68 bits per heavy atom. The first kappa shape index (κ1) is 22.3. The number of para-hydroxylation sites is 2. The van der Waals surface area contributed by atoms with Crippen molar-refractivity contribution in [1.82, 2.24) is 0 Å². The van der Waals surface area contributed by atoms with E-state index >= 15 is 0 Å². The van der Waals surface area contributed by atoms with Crippen LogP contribution in [0.15, 0.2) is 91.0 Å².